The van der Waals surface area contributed by atoms with E-state index in [0.717, 1.165) is 11.3 Å². The molecule has 6 nitrogen and oxygen atoms in total. The molecule has 0 aromatic carbocycles. The van der Waals surface area contributed by atoms with Gasteiger partial charge in [-0.1, -0.05) is 0 Å². The van der Waals surface area contributed by atoms with E-state index in [1.165, 1.54) is 6.07 Å². The van der Waals surface area contributed by atoms with Crippen LogP contribution in [-0.4, -0.2) is 25.5 Å². The molecule has 8 heteroatoms. The molecule has 0 saturated carbocycles. The van der Waals surface area contributed by atoms with Crippen LogP contribution in [0.25, 0.3) is 0 Å². The number of rotatable bonds is 5. The highest BCUT2D eigenvalue weighted by atomic mass is 32.2. The van der Waals surface area contributed by atoms with Gasteiger partial charge in [0.25, 0.3) is 10.2 Å². The molecule has 0 spiro atoms. The van der Waals surface area contributed by atoms with Crippen LogP contribution in [0.2, 0.25) is 0 Å². The Morgan fingerprint density at radius 3 is 2.47 bits per heavy atom. The third-order valence-electron chi connectivity index (χ3n) is 1.74. The predicted molar refractivity (Wildman–Crippen MR) is 66.8 cm³/mol. The van der Waals surface area contributed by atoms with E-state index in [1.54, 1.807) is 20.8 Å². The van der Waals surface area contributed by atoms with Crippen LogP contribution in [0.4, 0.5) is 5.00 Å². The molecule has 0 amide bonds. The fourth-order valence-electron chi connectivity index (χ4n) is 1.22. The van der Waals surface area contributed by atoms with Gasteiger partial charge in [-0.2, -0.15) is 13.1 Å². The lowest BCUT2D eigenvalue weighted by atomic mass is 10.3. The van der Waals surface area contributed by atoms with Crippen LogP contribution >= 0.6 is 11.3 Å². The van der Waals surface area contributed by atoms with Crippen molar-refractivity contribution < 1.29 is 18.3 Å². The topological polar surface area (TPSA) is 95.5 Å². The number of aromatic carboxylic acids is 1. The van der Waals surface area contributed by atoms with Gasteiger partial charge in [0.15, 0.2) is 0 Å². The third-order valence-corrected chi connectivity index (χ3v) is 4.28. The molecule has 0 unspecified atom stereocenters. The zero-order chi connectivity index (χ0) is 13.2. The smallest absolute Gasteiger partial charge is 0.346 e. The second-order valence-electron chi connectivity index (χ2n) is 3.81. The molecule has 3 N–H and O–H groups in total. The Morgan fingerprint density at radius 2 is 2.06 bits per heavy atom. The predicted octanol–water partition coefficient (Wildman–Crippen LogP) is 1.41. The highest BCUT2D eigenvalue weighted by Gasteiger charge is 2.16. The van der Waals surface area contributed by atoms with Gasteiger partial charge in [-0.3, -0.25) is 4.72 Å². The molecule has 0 aliphatic carbocycles. The van der Waals surface area contributed by atoms with Gasteiger partial charge in [0.1, 0.15) is 9.88 Å². The highest BCUT2D eigenvalue weighted by molar-refractivity contribution is 7.91. The van der Waals surface area contributed by atoms with Crippen LogP contribution in [0.15, 0.2) is 6.07 Å². The first-order chi connectivity index (χ1) is 7.71. The van der Waals surface area contributed by atoms with Crippen molar-refractivity contribution in [2.75, 3.05) is 4.72 Å². The molecule has 0 aliphatic heterocycles. The van der Waals surface area contributed by atoms with Crippen molar-refractivity contribution in [1.29, 1.82) is 0 Å². The van der Waals surface area contributed by atoms with Crippen LogP contribution < -0.4 is 9.44 Å². The Balaban J connectivity index is 2.90. The van der Waals surface area contributed by atoms with Crippen LogP contribution in [-0.2, 0) is 10.2 Å². The maximum Gasteiger partial charge on any atom is 0.346 e. The zero-order valence-corrected chi connectivity index (χ0v) is 11.3. The Bertz CT molecular complexity index is 519. The summed E-state index contributed by atoms with van der Waals surface area (Å²) in [7, 11) is -3.65. The largest absolute Gasteiger partial charge is 0.477 e. The van der Waals surface area contributed by atoms with Crippen molar-refractivity contribution in [1.82, 2.24) is 4.72 Å². The minimum Gasteiger partial charge on any atom is -0.477 e. The molecule has 0 saturated heterocycles. The summed E-state index contributed by atoms with van der Waals surface area (Å²) in [5, 5.41) is 9.13. The van der Waals surface area contributed by atoms with Crippen LogP contribution in [0.1, 0.15) is 29.1 Å². The van der Waals surface area contributed by atoms with E-state index >= 15 is 0 Å². The first kappa shape index (κ1) is 13.9. The van der Waals surface area contributed by atoms with Crippen LogP contribution in [0.3, 0.4) is 0 Å². The van der Waals surface area contributed by atoms with Crippen LogP contribution in [0.5, 0.6) is 0 Å². The average Bonchev–Trinajstić information content (AvgIpc) is 2.42. The van der Waals surface area contributed by atoms with E-state index in [-0.39, 0.29) is 15.9 Å². The lowest BCUT2D eigenvalue weighted by Crippen LogP contribution is -2.34. The summed E-state index contributed by atoms with van der Waals surface area (Å²) in [5.74, 6) is -1.06. The van der Waals surface area contributed by atoms with Gasteiger partial charge >= 0.3 is 5.97 Å². The lowest BCUT2D eigenvalue weighted by Gasteiger charge is -2.09. The van der Waals surface area contributed by atoms with Gasteiger partial charge in [-0.05, 0) is 32.4 Å². The second-order valence-corrected chi connectivity index (χ2v) is 6.30. The van der Waals surface area contributed by atoms with E-state index in [2.05, 4.69) is 9.44 Å². The first-order valence-electron chi connectivity index (χ1n) is 4.85. The molecule has 1 heterocycles. The monoisotopic (exact) mass is 278 g/mol. The second kappa shape index (κ2) is 5.03. The van der Waals surface area contributed by atoms with Gasteiger partial charge in [-0.25, -0.2) is 4.79 Å². The number of anilines is 1. The number of carbonyl (C=O) groups is 1. The van der Waals surface area contributed by atoms with E-state index < -0.39 is 16.2 Å². The van der Waals surface area contributed by atoms with Gasteiger partial charge in [0.05, 0.1) is 0 Å². The number of carboxylic acid groups (broad SMARTS) is 1. The van der Waals surface area contributed by atoms with E-state index in [0.29, 0.717) is 5.56 Å². The van der Waals surface area contributed by atoms with Crippen LogP contribution in [0, 0.1) is 6.92 Å². The molecule has 0 bridgehead atoms. The van der Waals surface area contributed by atoms with Gasteiger partial charge < -0.3 is 5.11 Å². The molecule has 17 heavy (non-hydrogen) atoms. The summed E-state index contributed by atoms with van der Waals surface area (Å²) in [4.78, 5) is 10.9. The minimum absolute atomic E-state index is 0.132. The van der Waals surface area contributed by atoms with Crippen molar-refractivity contribution >= 4 is 32.5 Å². The average molecular weight is 278 g/mol. The van der Waals surface area contributed by atoms with Crippen molar-refractivity contribution in [2.24, 2.45) is 0 Å². The third kappa shape index (κ3) is 3.99. The van der Waals surface area contributed by atoms with E-state index in [4.69, 9.17) is 5.11 Å². The molecule has 1 aromatic rings. The van der Waals surface area contributed by atoms with E-state index in [1.807, 2.05) is 0 Å². The maximum atomic E-state index is 11.5. The number of nitrogens with one attached hydrogen (secondary N) is 2. The first-order valence-corrected chi connectivity index (χ1v) is 7.15. The molecule has 96 valence electrons. The normalized spacial score (nSPS) is 11.8. The lowest BCUT2D eigenvalue weighted by molar-refractivity contribution is 0.0701. The van der Waals surface area contributed by atoms with Crippen molar-refractivity contribution in [2.45, 2.75) is 26.8 Å². The van der Waals surface area contributed by atoms with Gasteiger partial charge in [-0.15, -0.1) is 11.3 Å². The van der Waals surface area contributed by atoms with Gasteiger partial charge in [0, 0.05) is 6.04 Å². The number of aryl methyl sites for hydroxylation is 1. The summed E-state index contributed by atoms with van der Waals surface area (Å²) in [5.41, 5.74) is 0.532. The maximum absolute atomic E-state index is 11.5. The molecule has 1 rings (SSSR count). The standard InChI is InChI=1S/C9H14N2O4S2/c1-5(2)10-17(14,15)11-7-4-6(3)8(16-7)9(12)13/h4-5,10-11H,1-3H3,(H,12,13). The van der Waals surface area contributed by atoms with E-state index in [9.17, 15) is 13.2 Å². The number of carboxylic acids is 1. The quantitative estimate of drug-likeness (QED) is 0.758. The molecule has 1 aromatic heterocycles. The zero-order valence-electron chi connectivity index (χ0n) is 9.64. The molecule has 0 aliphatic rings. The highest BCUT2D eigenvalue weighted by Crippen LogP contribution is 2.27. The Labute approximate surface area is 104 Å². The SMILES string of the molecule is Cc1cc(NS(=O)(=O)NC(C)C)sc1C(=O)O. The fraction of sp³-hybridized carbons (Fsp3) is 0.444. The molecular formula is C9H14N2O4S2. The summed E-state index contributed by atoms with van der Waals surface area (Å²) in [6.07, 6.45) is 0. The number of hydrogen-bond donors (Lipinski definition) is 3. The van der Waals surface area contributed by atoms with Crippen molar-refractivity contribution in [3.8, 4) is 0 Å². The summed E-state index contributed by atoms with van der Waals surface area (Å²) >= 11 is 0.892. The fourth-order valence-corrected chi connectivity index (χ4v) is 3.48. The number of thiophene rings is 1. The Hall–Kier alpha value is -1.12. The minimum atomic E-state index is -3.65. The number of hydrogen-bond acceptors (Lipinski definition) is 4. The molecule has 0 radical (unpaired) electrons. The Kier molecular flexibility index (Phi) is 4.12. The van der Waals surface area contributed by atoms with Crippen molar-refractivity contribution in [3.63, 3.8) is 0 Å². The summed E-state index contributed by atoms with van der Waals surface area (Å²) in [6.45, 7) is 5.01. The molecule has 0 atom stereocenters. The molecular weight excluding hydrogens is 264 g/mol. The summed E-state index contributed by atoms with van der Waals surface area (Å²) < 4.78 is 27.7. The summed E-state index contributed by atoms with van der Waals surface area (Å²) in [6, 6.07) is 1.26. The van der Waals surface area contributed by atoms with Gasteiger partial charge in [0.2, 0.25) is 0 Å². The Morgan fingerprint density at radius 1 is 1.47 bits per heavy atom. The molecule has 0 fully saturated rings. The van der Waals surface area contributed by atoms with Crippen molar-refractivity contribution in [3.05, 3.63) is 16.5 Å².